The van der Waals surface area contributed by atoms with Crippen molar-refractivity contribution in [2.45, 2.75) is 0 Å². The molecule has 3 aromatic heterocycles. The maximum Gasteiger partial charge on any atom is 0.162 e. The molecule has 178 valence electrons. The second-order valence-electron chi connectivity index (χ2n) is 9.41. The number of rotatable bonds is 3. The third kappa shape index (κ3) is 3.26. The van der Waals surface area contributed by atoms with Crippen LogP contribution in [0.2, 0.25) is 0 Å². The third-order valence-corrected chi connectivity index (χ3v) is 8.36. The smallest absolute Gasteiger partial charge is 0.162 e. The van der Waals surface area contributed by atoms with E-state index >= 15 is 0 Å². The van der Waals surface area contributed by atoms with Crippen molar-refractivity contribution in [3.63, 3.8) is 0 Å². The standard InChI is InChI=1S/C33H20N4S/c1-2-9-24(10-3-1)37-29-12-5-4-11-25(29)26-17-28-27-16-22(13-14-31(27)38-32(28)18-30(26)37)21-7-6-8-23(15-21)33-35-19-34-20-36-33/h1-20H. The molecule has 38 heavy (non-hydrogen) atoms. The molecule has 0 radical (unpaired) electrons. The van der Waals surface area contributed by atoms with Crippen molar-refractivity contribution in [2.75, 3.05) is 0 Å². The molecule has 5 aromatic carbocycles. The monoisotopic (exact) mass is 504 g/mol. The van der Waals surface area contributed by atoms with Gasteiger partial charge in [-0.2, -0.15) is 0 Å². The van der Waals surface area contributed by atoms with Gasteiger partial charge >= 0.3 is 0 Å². The lowest BCUT2D eigenvalue weighted by Crippen LogP contribution is -1.92. The summed E-state index contributed by atoms with van der Waals surface area (Å²) in [5, 5.41) is 5.13. The molecule has 0 saturated heterocycles. The first-order chi connectivity index (χ1) is 18.8. The minimum absolute atomic E-state index is 0.682. The van der Waals surface area contributed by atoms with E-state index in [1.165, 1.54) is 65.9 Å². The fourth-order valence-electron chi connectivity index (χ4n) is 5.50. The Morgan fingerprint density at radius 2 is 1.26 bits per heavy atom. The normalized spacial score (nSPS) is 11.7. The van der Waals surface area contributed by atoms with Crippen molar-refractivity contribution >= 4 is 53.3 Å². The van der Waals surface area contributed by atoms with Crippen molar-refractivity contribution in [3.05, 3.63) is 122 Å². The van der Waals surface area contributed by atoms with Gasteiger partial charge in [0.2, 0.25) is 0 Å². The number of fused-ring (bicyclic) bond motifs is 6. The number of thiophene rings is 1. The van der Waals surface area contributed by atoms with Crippen molar-refractivity contribution in [3.8, 4) is 28.2 Å². The van der Waals surface area contributed by atoms with Crippen LogP contribution in [0.3, 0.4) is 0 Å². The van der Waals surface area contributed by atoms with Crippen molar-refractivity contribution in [1.82, 2.24) is 19.5 Å². The Hall–Kier alpha value is -4.87. The van der Waals surface area contributed by atoms with Crippen LogP contribution < -0.4 is 0 Å². The molecule has 3 heterocycles. The van der Waals surface area contributed by atoms with E-state index < -0.39 is 0 Å². The van der Waals surface area contributed by atoms with Gasteiger partial charge < -0.3 is 4.57 Å². The van der Waals surface area contributed by atoms with E-state index in [1.807, 2.05) is 17.4 Å². The van der Waals surface area contributed by atoms with Crippen LogP contribution in [0.15, 0.2) is 122 Å². The minimum Gasteiger partial charge on any atom is -0.309 e. The van der Waals surface area contributed by atoms with Gasteiger partial charge in [-0.25, -0.2) is 15.0 Å². The summed E-state index contributed by atoms with van der Waals surface area (Å²) in [7, 11) is 0. The fourth-order valence-corrected chi connectivity index (χ4v) is 6.60. The number of aromatic nitrogens is 4. The van der Waals surface area contributed by atoms with Gasteiger partial charge in [0, 0.05) is 42.2 Å². The van der Waals surface area contributed by atoms with E-state index in [2.05, 4.69) is 123 Å². The Kier molecular flexibility index (Phi) is 4.66. The SMILES string of the molecule is c1ccc(-n2c3ccccc3c3cc4c(cc32)sc2ccc(-c3cccc(-c5ncncn5)c3)cc24)cc1. The first-order valence-corrected chi connectivity index (χ1v) is 13.3. The average Bonchev–Trinajstić information content (AvgIpc) is 3.51. The summed E-state index contributed by atoms with van der Waals surface area (Å²) < 4.78 is 4.97. The summed E-state index contributed by atoms with van der Waals surface area (Å²) in [6, 6.07) is 39.3. The molecule has 0 unspecified atom stereocenters. The first kappa shape index (κ1) is 21.2. The molecule has 0 N–H and O–H groups in total. The average molecular weight is 505 g/mol. The predicted molar refractivity (Wildman–Crippen MR) is 158 cm³/mol. The molecule has 5 heteroatoms. The molecule has 8 rings (SSSR count). The molecule has 0 spiro atoms. The molecule has 0 atom stereocenters. The Morgan fingerprint density at radius 1 is 0.500 bits per heavy atom. The summed E-state index contributed by atoms with van der Waals surface area (Å²) >= 11 is 1.85. The molecule has 0 aliphatic carbocycles. The van der Waals surface area contributed by atoms with Crippen LogP contribution in [0, 0.1) is 0 Å². The zero-order chi connectivity index (χ0) is 25.1. The highest BCUT2D eigenvalue weighted by Crippen LogP contribution is 2.41. The summed E-state index contributed by atoms with van der Waals surface area (Å²) in [5.41, 5.74) is 6.95. The topological polar surface area (TPSA) is 43.6 Å². The van der Waals surface area contributed by atoms with Gasteiger partial charge in [-0.05, 0) is 59.7 Å². The van der Waals surface area contributed by atoms with Crippen LogP contribution in [-0.2, 0) is 0 Å². The quantitative estimate of drug-likeness (QED) is 0.242. The second kappa shape index (κ2) is 8.33. The zero-order valence-corrected chi connectivity index (χ0v) is 21.1. The van der Waals surface area contributed by atoms with Gasteiger partial charge in [-0.1, -0.05) is 60.7 Å². The number of benzene rings is 5. The highest BCUT2D eigenvalue weighted by molar-refractivity contribution is 7.25. The predicted octanol–water partition coefficient (Wildman–Crippen LogP) is 8.67. The van der Waals surface area contributed by atoms with Gasteiger partial charge in [0.15, 0.2) is 5.82 Å². The molecule has 0 bridgehead atoms. The van der Waals surface area contributed by atoms with Crippen molar-refractivity contribution in [1.29, 1.82) is 0 Å². The summed E-state index contributed by atoms with van der Waals surface area (Å²) in [5.74, 6) is 0.682. The van der Waals surface area contributed by atoms with Gasteiger partial charge in [-0.15, -0.1) is 11.3 Å². The number of hydrogen-bond donors (Lipinski definition) is 0. The molecule has 0 aliphatic rings. The Morgan fingerprint density at radius 3 is 2.16 bits per heavy atom. The first-order valence-electron chi connectivity index (χ1n) is 12.5. The van der Waals surface area contributed by atoms with Gasteiger partial charge in [-0.3, -0.25) is 0 Å². The highest BCUT2D eigenvalue weighted by Gasteiger charge is 2.16. The number of nitrogens with zero attached hydrogens (tertiary/aromatic N) is 4. The van der Waals surface area contributed by atoms with E-state index in [0.29, 0.717) is 5.82 Å². The van der Waals surface area contributed by atoms with E-state index in [0.717, 1.165) is 11.1 Å². The van der Waals surface area contributed by atoms with Crippen LogP contribution >= 0.6 is 11.3 Å². The third-order valence-electron chi connectivity index (χ3n) is 7.23. The maximum atomic E-state index is 4.32. The van der Waals surface area contributed by atoms with E-state index in [4.69, 9.17) is 0 Å². The van der Waals surface area contributed by atoms with E-state index in [9.17, 15) is 0 Å². The van der Waals surface area contributed by atoms with Crippen LogP contribution in [0.1, 0.15) is 0 Å². The number of para-hydroxylation sites is 2. The lowest BCUT2D eigenvalue weighted by atomic mass is 10.00. The lowest BCUT2D eigenvalue weighted by molar-refractivity contribution is 1.06. The molecule has 8 aromatic rings. The highest BCUT2D eigenvalue weighted by atomic mass is 32.1. The van der Waals surface area contributed by atoms with Gasteiger partial charge in [0.25, 0.3) is 0 Å². The van der Waals surface area contributed by atoms with Crippen LogP contribution in [0.5, 0.6) is 0 Å². The maximum absolute atomic E-state index is 4.32. The van der Waals surface area contributed by atoms with E-state index in [-0.39, 0.29) is 0 Å². The summed E-state index contributed by atoms with van der Waals surface area (Å²) in [4.78, 5) is 12.6. The van der Waals surface area contributed by atoms with Crippen molar-refractivity contribution in [2.24, 2.45) is 0 Å². The lowest BCUT2D eigenvalue weighted by Gasteiger charge is -2.07. The molecule has 0 aliphatic heterocycles. The fraction of sp³-hybridized carbons (Fsp3) is 0. The largest absolute Gasteiger partial charge is 0.309 e. The zero-order valence-electron chi connectivity index (χ0n) is 20.2. The molecule has 0 saturated carbocycles. The Balaban J connectivity index is 1.35. The molecular formula is C33H20N4S. The van der Waals surface area contributed by atoms with Gasteiger partial charge in [0.05, 0.1) is 11.0 Å². The van der Waals surface area contributed by atoms with Crippen LogP contribution in [0.4, 0.5) is 0 Å². The molecule has 4 nitrogen and oxygen atoms in total. The summed E-state index contributed by atoms with van der Waals surface area (Å²) in [6.45, 7) is 0. The molecule has 0 amide bonds. The minimum atomic E-state index is 0.682. The number of hydrogen-bond acceptors (Lipinski definition) is 4. The van der Waals surface area contributed by atoms with Crippen molar-refractivity contribution < 1.29 is 0 Å². The summed E-state index contributed by atoms with van der Waals surface area (Å²) in [6.07, 6.45) is 3.07. The Bertz CT molecular complexity index is 2130. The van der Waals surface area contributed by atoms with Crippen LogP contribution in [-0.4, -0.2) is 19.5 Å². The van der Waals surface area contributed by atoms with E-state index in [1.54, 1.807) is 0 Å². The van der Waals surface area contributed by atoms with Gasteiger partial charge in [0.1, 0.15) is 12.7 Å². The van der Waals surface area contributed by atoms with Crippen LogP contribution in [0.25, 0.3) is 70.2 Å². The molecule has 0 fully saturated rings. The molecular weight excluding hydrogens is 484 g/mol. The Labute approximate surface area is 222 Å². The second-order valence-corrected chi connectivity index (χ2v) is 10.5.